The lowest BCUT2D eigenvalue weighted by atomic mass is 9.91. The van der Waals surface area contributed by atoms with Crippen LogP contribution in [0.2, 0.25) is 5.02 Å². The molecular formula is C18H26ClNO3S. The summed E-state index contributed by atoms with van der Waals surface area (Å²) >= 11 is 5.99. The van der Waals surface area contributed by atoms with Crippen molar-refractivity contribution in [3.8, 4) is 0 Å². The molecule has 2 heterocycles. The maximum atomic E-state index is 11.6. The van der Waals surface area contributed by atoms with E-state index in [9.17, 15) is 8.42 Å². The highest BCUT2D eigenvalue weighted by Gasteiger charge is 2.32. The van der Waals surface area contributed by atoms with Crippen LogP contribution in [0.15, 0.2) is 24.3 Å². The Morgan fingerprint density at radius 1 is 1.17 bits per heavy atom. The van der Waals surface area contributed by atoms with Crippen LogP contribution in [-0.4, -0.2) is 38.6 Å². The van der Waals surface area contributed by atoms with E-state index in [1.54, 1.807) is 0 Å². The van der Waals surface area contributed by atoms with Crippen molar-refractivity contribution in [2.75, 3.05) is 18.1 Å². The van der Waals surface area contributed by atoms with Gasteiger partial charge in [0.1, 0.15) is 9.84 Å². The summed E-state index contributed by atoms with van der Waals surface area (Å²) in [6.45, 7) is 2.96. The molecule has 134 valence electrons. The Bertz CT molecular complexity index is 633. The first-order valence-corrected chi connectivity index (χ1v) is 11.0. The van der Waals surface area contributed by atoms with Crippen molar-refractivity contribution >= 4 is 21.4 Å². The molecule has 0 saturated carbocycles. The Morgan fingerprint density at radius 2 is 1.83 bits per heavy atom. The molecule has 2 saturated heterocycles. The van der Waals surface area contributed by atoms with Crippen LogP contribution in [-0.2, 0) is 14.6 Å². The lowest BCUT2D eigenvalue weighted by molar-refractivity contribution is -0.0154. The van der Waals surface area contributed by atoms with E-state index in [4.69, 9.17) is 16.3 Å². The van der Waals surface area contributed by atoms with Crippen LogP contribution in [0.25, 0.3) is 0 Å². The molecule has 0 aliphatic carbocycles. The quantitative estimate of drug-likeness (QED) is 0.881. The lowest BCUT2D eigenvalue weighted by Gasteiger charge is -2.37. The number of nitrogens with one attached hydrogen (secondary N) is 1. The molecule has 0 aromatic heterocycles. The van der Waals surface area contributed by atoms with Gasteiger partial charge in [-0.1, -0.05) is 23.7 Å². The predicted octanol–water partition coefficient (Wildman–Crippen LogP) is 3.36. The minimum absolute atomic E-state index is 0.0331. The first-order valence-electron chi connectivity index (χ1n) is 8.78. The molecule has 24 heavy (non-hydrogen) atoms. The second kappa shape index (κ2) is 7.73. The highest BCUT2D eigenvalue weighted by atomic mass is 35.5. The fraction of sp³-hybridized carbons (Fsp3) is 0.667. The van der Waals surface area contributed by atoms with Gasteiger partial charge in [-0.05, 0) is 56.2 Å². The fourth-order valence-electron chi connectivity index (χ4n) is 3.81. The third-order valence-electron chi connectivity index (χ3n) is 5.30. The summed E-state index contributed by atoms with van der Waals surface area (Å²) in [6.07, 6.45) is 3.67. The SMILES string of the molecule is CC(N[C@@H]1CCCO[C@H]1c1ccc(Cl)cc1)C1CCS(=O)(=O)CC1. The molecule has 3 rings (SSSR count). The van der Waals surface area contributed by atoms with Crippen molar-refractivity contribution in [1.82, 2.24) is 5.32 Å². The molecule has 1 unspecified atom stereocenters. The van der Waals surface area contributed by atoms with E-state index in [1.807, 2.05) is 24.3 Å². The van der Waals surface area contributed by atoms with Gasteiger partial charge in [-0.3, -0.25) is 0 Å². The van der Waals surface area contributed by atoms with Crippen molar-refractivity contribution in [3.05, 3.63) is 34.9 Å². The highest BCUT2D eigenvalue weighted by Crippen LogP contribution is 2.31. The highest BCUT2D eigenvalue weighted by molar-refractivity contribution is 7.91. The van der Waals surface area contributed by atoms with Gasteiger partial charge in [-0.2, -0.15) is 0 Å². The molecule has 6 heteroatoms. The Labute approximate surface area is 149 Å². The molecule has 2 aliphatic heterocycles. The number of hydrogen-bond donors (Lipinski definition) is 1. The van der Waals surface area contributed by atoms with Gasteiger partial charge in [-0.25, -0.2) is 8.42 Å². The molecule has 0 amide bonds. The second-order valence-corrected chi connectivity index (χ2v) is 9.78. The minimum atomic E-state index is -2.81. The van der Waals surface area contributed by atoms with E-state index in [0.29, 0.717) is 23.5 Å². The summed E-state index contributed by atoms with van der Waals surface area (Å²) in [4.78, 5) is 0. The van der Waals surface area contributed by atoms with Gasteiger partial charge in [0.05, 0.1) is 17.6 Å². The summed E-state index contributed by atoms with van der Waals surface area (Å²) in [5.41, 5.74) is 1.15. The Balaban J connectivity index is 1.64. The summed E-state index contributed by atoms with van der Waals surface area (Å²) in [6, 6.07) is 8.42. The molecule has 3 atom stereocenters. The average molecular weight is 372 g/mol. The zero-order valence-corrected chi connectivity index (χ0v) is 15.7. The molecule has 2 fully saturated rings. The monoisotopic (exact) mass is 371 g/mol. The van der Waals surface area contributed by atoms with E-state index in [2.05, 4.69) is 12.2 Å². The topological polar surface area (TPSA) is 55.4 Å². The maximum Gasteiger partial charge on any atom is 0.150 e. The summed E-state index contributed by atoms with van der Waals surface area (Å²) in [5.74, 6) is 1.07. The van der Waals surface area contributed by atoms with Crippen LogP contribution < -0.4 is 5.32 Å². The zero-order chi connectivity index (χ0) is 17.2. The van der Waals surface area contributed by atoms with Crippen molar-refractivity contribution < 1.29 is 13.2 Å². The van der Waals surface area contributed by atoms with Crippen LogP contribution in [0, 0.1) is 5.92 Å². The summed E-state index contributed by atoms with van der Waals surface area (Å²) < 4.78 is 29.3. The maximum absolute atomic E-state index is 11.6. The number of sulfone groups is 1. The van der Waals surface area contributed by atoms with Crippen LogP contribution >= 0.6 is 11.6 Å². The van der Waals surface area contributed by atoms with E-state index in [-0.39, 0.29) is 12.1 Å². The van der Waals surface area contributed by atoms with Crippen molar-refractivity contribution in [1.29, 1.82) is 0 Å². The predicted molar refractivity (Wildman–Crippen MR) is 97.1 cm³/mol. The Kier molecular flexibility index (Phi) is 5.85. The second-order valence-electron chi connectivity index (χ2n) is 7.04. The molecular weight excluding hydrogens is 346 g/mol. The van der Waals surface area contributed by atoms with Crippen molar-refractivity contribution in [2.24, 2.45) is 5.92 Å². The summed E-state index contributed by atoms with van der Waals surface area (Å²) in [5, 5.41) is 4.46. The number of benzene rings is 1. The largest absolute Gasteiger partial charge is 0.372 e. The van der Waals surface area contributed by atoms with Crippen LogP contribution in [0.3, 0.4) is 0 Å². The van der Waals surface area contributed by atoms with E-state index in [0.717, 1.165) is 42.9 Å². The molecule has 0 spiro atoms. The molecule has 1 N–H and O–H groups in total. The molecule has 0 bridgehead atoms. The third kappa shape index (κ3) is 4.51. The van der Waals surface area contributed by atoms with Crippen molar-refractivity contribution in [2.45, 2.75) is 50.8 Å². The Hall–Kier alpha value is -0.620. The van der Waals surface area contributed by atoms with Crippen molar-refractivity contribution in [3.63, 3.8) is 0 Å². The molecule has 0 radical (unpaired) electrons. The van der Waals surface area contributed by atoms with Gasteiger partial charge in [0, 0.05) is 23.7 Å². The lowest BCUT2D eigenvalue weighted by Crippen LogP contribution is -2.47. The van der Waals surface area contributed by atoms with Crippen LogP contribution in [0.1, 0.15) is 44.3 Å². The van der Waals surface area contributed by atoms with E-state index < -0.39 is 9.84 Å². The van der Waals surface area contributed by atoms with Crippen LogP contribution in [0.4, 0.5) is 0 Å². The number of rotatable bonds is 4. The smallest absolute Gasteiger partial charge is 0.150 e. The number of halogens is 1. The standard InChI is InChI=1S/C18H26ClNO3S/c1-13(14-8-11-24(21,22)12-9-14)20-17-3-2-10-23-18(17)15-4-6-16(19)7-5-15/h4-7,13-14,17-18,20H,2-3,8-12H2,1H3/t13?,17-,18+/m1/s1. The van der Waals surface area contributed by atoms with Gasteiger partial charge in [0.2, 0.25) is 0 Å². The molecule has 4 nitrogen and oxygen atoms in total. The first kappa shape index (κ1) is 18.2. The normalized spacial score (nSPS) is 29.2. The van der Waals surface area contributed by atoms with Gasteiger partial charge in [0.15, 0.2) is 0 Å². The van der Waals surface area contributed by atoms with Gasteiger partial charge >= 0.3 is 0 Å². The molecule has 1 aromatic carbocycles. The van der Waals surface area contributed by atoms with Gasteiger partial charge in [0.25, 0.3) is 0 Å². The van der Waals surface area contributed by atoms with Gasteiger partial charge < -0.3 is 10.1 Å². The third-order valence-corrected chi connectivity index (χ3v) is 7.27. The summed E-state index contributed by atoms with van der Waals surface area (Å²) in [7, 11) is -2.81. The Morgan fingerprint density at radius 3 is 2.50 bits per heavy atom. The molecule has 2 aliphatic rings. The fourth-order valence-corrected chi connectivity index (χ4v) is 5.47. The molecule has 1 aromatic rings. The minimum Gasteiger partial charge on any atom is -0.372 e. The van der Waals surface area contributed by atoms with Crippen LogP contribution in [0.5, 0.6) is 0 Å². The zero-order valence-electron chi connectivity index (χ0n) is 14.1. The first-order chi connectivity index (χ1) is 11.4. The number of hydrogen-bond acceptors (Lipinski definition) is 4. The van der Waals surface area contributed by atoms with E-state index in [1.165, 1.54) is 0 Å². The number of ether oxygens (including phenoxy) is 1. The van der Waals surface area contributed by atoms with Gasteiger partial charge in [-0.15, -0.1) is 0 Å². The average Bonchev–Trinajstić information content (AvgIpc) is 2.56. The van der Waals surface area contributed by atoms with E-state index >= 15 is 0 Å².